The van der Waals surface area contributed by atoms with Crippen LogP contribution in [0.2, 0.25) is 0 Å². The summed E-state index contributed by atoms with van der Waals surface area (Å²) in [7, 11) is 1.52. The smallest absolute Gasteiger partial charge is 0.160 e. The molecule has 16 heavy (non-hydrogen) atoms. The summed E-state index contributed by atoms with van der Waals surface area (Å²) in [5, 5.41) is 18.8. The van der Waals surface area contributed by atoms with Gasteiger partial charge in [-0.25, -0.2) is 0 Å². The van der Waals surface area contributed by atoms with Crippen molar-refractivity contribution in [1.29, 1.82) is 0 Å². The molecule has 1 rings (SSSR count). The lowest BCUT2D eigenvalue weighted by Crippen LogP contribution is -2.20. The van der Waals surface area contributed by atoms with Gasteiger partial charge in [0, 0.05) is 11.1 Å². The Morgan fingerprint density at radius 1 is 1.38 bits per heavy atom. The van der Waals surface area contributed by atoms with E-state index in [1.807, 2.05) is 13.8 Å². The molecule has 3 nitrogen and oxygen atoms in total. The van der Waals surface area contributed by atoms with E-state index < -0.39 is 0 Å². The molecular formula is C12H17BrO3. The van der Waals surface area contributed by atoms with Crippen LogP contribution in [0.3, 0.4) is 0 Å². The predicted octanol–water partition coefficient (Wildman–Crippen LogP) is 2.72. The number of ether oxygens (including phenoxy) is 1. The van der Waals surface area contributed by atoms with E-state index in [1.54, 1.807) is 12.1 Å². The topological polar surface area (TPSA) is 49.7 Å². The molecule has 4 heteroatoms. The summed E-state index contributed by atoms with van der Waals surface area (Å²) in [6.45, 7) is 4.08. The van der Waals surface area contributed by atoms with E-state index in [9.17, 15) is 10.2 Å². The van der Waals surface area contributed by atoms with Gasteiger partial charge in [0.05, 0.1) is 7.11 Å². The minimum atomic E-state index is -0.190. The number of hydrogen-bond acceptors (Lipinski definition) is 3. The Balaban J connectivity index is 3.05. The van der Waals surface area contributed by atoms with Crippen LogP contribution in [0, 0.1) is 5.41 Å². The third kappa shape index (κ3) is 3.12. The molecule has 0 amide bonds. The van der Waals surface area contributed by atoms with Gasteiger partial charge in [0.2, 0.25) is 0 Å². The molecule has 0 aromatic heterocycles. The van der Waals surface area contributed by atoms with Crippen molar-refractivity contribution < 1.29 is 14.9 Å². The number of aliphatic hydroxyl groups is 1. The molecule has 0 saturated heterocycles. The van der Waals surface area contributed by atoms with Crippen LogP contribution in [0.1, 0.15) is 19.4 Å². The molecule has 0 heterocycles. The normalized spacial score (nSPS) is 11.6. The summed E-state index contributed by atoms with van der Waals surface area (Å²) in [5.41, 5.74) is 0.818. The van der Waals surface area contributed by atoms with E-state index in [2.05, 4.69) is 15.9 Å². The van der Waals surface area contributed by atoms with Gasteiger partial charge in [-0.05, 0) is 29.5 Å². The van der Waals surface area contributed by atoms with Crippen LogP contribution in [0.4, 0.5) is 0 Å². The molecule has 0 spiro atoms. The van der Waals surface area contributed by atoms with Crippen LogP contribution in [-0.4, -0.2) is 23.9 Å². The van der Waals surface area contributed by atoms with Gasteiger partial charge in [-0.1, -0.05) is 29.8 Å². The van der Waals surface area contributed by atoms with E-state index in [0.29, 0.717) is 12.2 Å². The standard InChI is InChI=1S/C12H17BrO3/c1-12(2,7-14)6-8-4-11(16-3)10(15)5-9(8)13/h4-5,14-15H,6-7H2,1-3H3. The molecule has 0 fully saturated rings. The SMILES string of the molecule is COc1cc(CC(C)(C)CO)c(Br)cc1O. The first-order valence-electron chi connectivity index (χ1n) is 5.06. The first-order valence-corrected chi connectivity index (χ1v) is 5.85. The van der Waals surface area contributed by atoms with Crippen LogP contribution in [0.25, 0.3) is 0 Å². The van der Waals surface area contributed by atoms with Gasteiger partial charge >= 0.3 is 0 Å². The van der Waals surface area contributed by atoms with Crippen LogP contribution >= 0.6 is 15.9 Å². The second-order valence-electron chi connectivity index (χ2n) is 4.61. The fraction of sp³-hybridized carbons (Fsp3) is 0.500. The maximum atomic E-state index is 9.57. The Bertz CT molecular complexity index is 375. The number of halogens is 1. The highest BCUT2D eigenvalue weighted by molar-refractivity contribution is 9.10. The van der Waals surface area contributed by atoms with Gasteiger partial charge in [0.15, 0.2) is 11.5 Å². The Morgan fingerprint density at radius 2 is 2.00 bits per heavy atom. The predicted molar refractivity (Wildman–Crippen MR) is 66.9 cm³/mol. The lowest BCUT2D eigenvalue weighted by molar-refractivity contribution is 0.159. The molecule has 0 bridgehead atoms. The molecule has 0 aliphatic carbocycles. The molecule has 0 saturated carbocycles. The number of methoxy groups -OCH3 is 1. The summed E-state index contributed by atoms with van der Waals surface area (Å²) in [5.74, 6) is 0.562. The largest absolute Gasteiger partial charge is 0.504 e. The molecule has 2 N–H and O–H groups in total. The molecule has 0 atom stereocenters. The summed E-state index contributed by atoms with van der Waals surface area (Å²) < 4.78 is 5.88. The lowest BCUT2D eigenvalue weighted by atomic mass is 9.86. The van der Waals surface area contributed by atoms with Crippen LogP contribution in [0.15, 0.2) is 16.6 Å². The monoisotopic (exact) mass is 288 g/mol. The Hall–Kier alpha value is -0.740. The maximum absolute atomic E-state index is 9.57. The number of phenols is 1. The van der Waals surface area contributed by atoms with E-state index in [1.165, 1.54) is 7.11 Å². The number of aliphatic hydroxyl groups excluding tert-OH is 1. The van der Waals surface area contributed by atoms with Gasteiger partial charge in [0.1, 0.15) is 0 Å². The number of hydrogen-bond donors (Lipinski definition) is 2. The molecule has 0 radical (unpaired) electrons. The van der Waals surface area contributed by atoms with Gasteiger partial charge in [0.25, 0.3) is 0 Å². The van der Waals surface area contributed by atoms with Crippen molar-refractivity contribution in [3.8, 4) is 11.5 Å². The van der Waals surface area contributed by atoms with E-state index in [0.717, 1.165) is 10.0 Å². The molecule has 1 aromatic carbocycles. The van der Waals surface area contributed by atoms with E-state index in [4.69, 9.17) is 4.74 Å². The second-order valence-corrected chi connectivity index (χ2v) is 5.47. The highest BCUT2D eigenvalue weighted by Gasteiger charge is 2.20. The highest BCUT2D eigenvalue weighted by Crippen LogP contribution is 2.35. The molecule has 0 aliphatic heterocycles. The highest BCUT2D eigenvalue weighted by atomic mass is 79.9. The zero-order valence-electron chi connectivity index (χ0n) is 9.75. The molecular weight excluding hydrogens is 272 g/mol. The Morgan fingerprint density at radius 3 is 2.50 bits per heavy atom. The Labute approximate surface area is 104 Å². The fourth-order valence-electron chi connectivity index (χ4n) is 1.46. The van der Waals surface area contributed by atoms with Crippen molar-refractivity contribution >= 4 is 15.9 Å². The average Bonchev–Trinajstić information content (AvgIpc) is 2.22. The van der Waals surface area contributed by atoms with Crippen LogP contribution in [-0.2, 0) is 6.42 Å². The lowest BCUT2D eigenvalue weighted by Gasteiger charge is -2.22. The van der Waals surface area contributed by atoms with Crippen molar-refractivity contribution in [2.75, 3.05) is 13.7 Å². The van der Waals surface area contributed by atoms with E-state index >= 15 is 0 Å². The van der Waals surface area contributed by atoms with Crippen molar-refractivity contribution in [2.24, 2.45) is 5.41 Å². The quantitative estimate of drug-likeness (QED) is 0.896. The van der Waals surface area contributed by atoms with Crippen molar-refractivity contribution in [1.82, 2.24) is 0 Å². The number of aromatic hydroxyl groups is 1. The van der Waals surface area contributed by atoms with Crippen molar-refractivity contribution in [3.05, 3.63) is 22.2 Å². The second kappa shape index (κ2) is 5.06. The summed E-state index contributed by atoms with van der Waals surface area (Å²) in [6, 6.07) is 3.40. The molecule has 1 aromatic rings. The average molecular weight is 289 g/mol. The molecule has 0 unspecified atom stereocenters. The number of benzene rings is 1. The van der Waals surface area contributed by atoms with E-state index in [-0.39, 0.29) is 17.8 Å². The minimum Gasteiger partial charge on any atom is -0.504 e. The zero-order valence-corrected chi connectivity index (χ0v) is 11.3. The third-order valence-electron chi connectivity index (χ3n) is 2.44. The van der Waals surface area contributed by atoms with Gasteiger partial charge in [-0.3, -0.25) is 0 Å². The maximum Gasteiger partial charge on any atom is 0.160 e. The number of rotatable bonds is 4. The molecule has 0 aliphatic rings. The van der Waals surface area contributed by atoms with Crippen molar-refractivity contribution in [3.63, 3.8) is 0 Å². The third-order valence-corrected chi connectivity index (χ3v) is 3.18. The van der Waals surface area contributed by atoms with Crippen molar-refractivity contribution in [2.45, 2.75) is 20.3 Å². The van der Waals surface area contributed by atoms with Gasteiger partial charge < -0.3 is 14.9 Å². The summed E-state index contributed by atoms with van der Waals surface area (Å²) in [4.78, 5) is 0. The minimum absolute atomic E-state index is 0.111. The summed E-state index contributed by atoms with van der Waals surface area (Å²) >= 11 is 3.40. The molecule has 90 valence electrons. The summed E-state index contributed by atoms with van der Waals surface area (Å²) in [6.07, 6.45) is 0.709. The van der Waals surface area contributed by atoms with Crippen LogP contribution in [0.5, 0.6) is 11.5 Å². The van der Waals surface area contributed by atoms with Gasteiger partial charge in [-0.15, -0.1) is 0 Å². The number of phenolic OH excluding ortho intramolecular Hbond substituents is 1. The zero-order chi connectivity index (χ0) is 12.3. The van der Waals surface area contributed by atoms with Gasteiger partial charge in [-0.2, -0.15) is 0 Å². The first-order chi connectivity index (χ1) is 7.39. The Kier molecular flexibility index (Phi) is 4.21. The first kappa shape index (κ1) is 13.3. The fourth-order valence-corrected chi connectivity index (χ4v) is 1.93. The van der Waals surface area contributed by atoms with Crippen LogP contribution < -0.4 is 4.74 Å².